The zero-order valence-corrected chi connectivity index (χ0v) is 13.0. The second-order valence-corrected chi connectivity index (χ2v) is 5.53. The molecule has 0 aliphatic heterocycles. The van der Waals surface area contributed by atoms with E-state index in [9.17, 15) is 0 Å². The third kappa shape index (κ3) is 2.85. The van der Waals surface area contributed by atoms with Gasteiger partial charge in [0.05, 0.1) is 18.2 Å². The molecule has 0 saturated carbocycles. The normalized spacial score (nSPS) is 11.0. The minimum Gasteiger partial charge on any atom is -0.467 e. The zero-order valence-electron chi connectivity index (χ0n) is 12.2. The van der Waals surface area contributed by atoms with Gasteiger partial charge in [-0.2, -0.15) is 4.98 Å². The molecule has 6 heteroatoms. The van der Waals surface area contributed by atoms with Crippen molar-refractivity contribution in [1.82, 2.24) is 9.97 Å². The van der Waals surface area contributed by atoms with Gasteiger partial charge in [-0.25, -0.2) is 4.98 Å². The Labute approximate surface area is 127 Å². The van der Waals surface area contributed by atoms with E-state index < -0.39 is 0 Å². The number of rotatable bonds is 6. The van der Waals surface area contributed by atoms with E-state index in [1.807, 2.05) is 19.1 Å². The number of furan rings is 1. The van der Waals surface area contributed by atoms with Crippen LogP contribution in [0.2, 0.25) is 0 Å². The van der Waals surface area contributed by atoms with E-state index in [4.69, 9.17) is 4.42 Å². The molecule has 3 aromatic heterocycles. The molecule has 0 amide bonds. The van der Waals surface area contributed by atoms with E-state index in [-0.39, 0.29) is 0 Å². The van der Waals surface area contributed by atoms with E-state index in [0.717, 1.165) is 34.9 Å². The highest BCUT2D eigenvalue weighted by atomic mass is 32.1. The maximum Gasteiger partial charge on any atom is 0.226 e. The van der Waals surface area contributed by atoms with E-state index in [1.54, 1.807) is 17.6 Å². The lowest BCUT2D eigenvalue weighted by molar-refractivity contribution is 0.503. The summed E-state index contributed by atoms with van der Waals surface area (Å²) in [6.45, 7) is 6.53. The molecule has 3 heterocycles. The van der Waals surface area contributed by atoms with Gasteiger partial charge in [0.15, 0.2) is 0 Å². The minimum absolute atomic E-state index is 0.681. The molecule has 0 aromatic carbocycles. The Morgan fingerprint density at radius 1 is 1.29 bits per heavy atom. The third-order valence-electron chi connectivity index (χ3n) is 3.25. The summed E-state index contributed by atoms with van der Waals surface area (Å²) in [5.74, 6) is 2.57. The van der Waals surface area contributed by atoms with Crippen molar-refractivity contribution in [3.63, 3.8) is 0 Å². The van der Waals surface area contributed by atoms with Crippen LogP contribution < -0.4 is 10.2 Å². The maximum atomic E-state index is 5.46. The number of fused-ring (bicyclic) bond motifs is 1. The minimum atomic E-state index is 0.681. The molecule has 110 valence electrons. The van der Waals surface area contributed by atoms with Crippen molar-refractivity contribution < 1.29 is 4.42 Å². The van der Waals surface area contributed by atoms with Crippen LogP contribution in [-0.4, -0.2) is 23.1 Å². The maximum absolute atomic E-state index is 5.46. The second kappa shape index (κ2) is 6.13. The van der Waals surface area contributed by atoms with Crippen molar-refractivity contribution in [3.05, 3.63) is 35.6 Å². The van der Waals surface area contributed by atoms with Crippen LogP contribution in [0, 0.1) is 0 Å². The highest BCUT2D eigenvalue weighted by molar-refractivity contribution is 7.16. The Morgan fingerprint density at radius 3 is 2.90 bits per heavy atom. The van der Waals surface area contributed by atoms with Gasteiger partial charge in [0.25, 0.3) is 0 Å². The summed E-state index contributed by atoms with van der Waals surface area (Å²) in [5, 5.41) is 6.35. The second-order valence-electron chi connectivity index (χ2n) is 4.63. The largest absolute Gasteiger partial charge is 0.467 e. The molecule has 0 bridgehead atoms. The summed E-state index contributed by atoms with van der Waals surface area (Å²) in [6.07, 6.45) is 1.70. The number of hydrogen-bond acceptors (Lipinski definition) is 6. The highest BCUT2D eigenvalue weighted by Crippen LogP contribution is 2.30. The van der Waals surface area contributed by atoms with Crippen molar-refractivity contribution >= 4 is 33.3 Å². The summed E-state index contributed by atoms with van der Waals surface area (Å²) >= 11 is 1.64. The molecule has 0 unspecified atom stereocenters. The van der Waals surface area contributed by atoms with Gasteiger partial charge in [0.2, 0.25) is 5.95 Å². The average molecular weight is 302 g/mol. The average Bonchev–Trinajstić information content (AvgIpc) is 3.15. The Kier molecular flexibility index (Phi) is 4.06. The smallest absolute Gasteiger partial charge is 0.226 e. The molecule has 0 saturated heterocycles. The molecule has 0 spiro atoms. The van der Waals surface area contributed by atoms with Crippen molar-refractivity contribution in [2.75, 3.05) is 23.3 Å². The Hall–Kier alpha value is -2.08. The standard InChI is InChI=1S/C15H18N4OS/c1-3-16-15-17-13(12-7-9-21-14(12)18-15)19(4-2)10-11-6-5-8-20-11/h5-9H,3-4,10H2,1-2H3,(H,16,17,18). The number of aromatic nitrogens is 2. The molecule has 0 radical (unpaired) electrons. The fourth-order valence-corrected chi connectivity index (χ4v) is 3.00. The molecule has 0 atom stereocenters. The topological polar surface area (TPSA) is 54.2 Å². The number of nitrogens with one attached hydrogen (secondary N) is 1. The SMILES string of the molecule is CCNc1nc(N(CC)Cc2ccco2)c2ccsc2n1. The molecular formula is C15H18N4OS. The van der Waals surface area contributed by atoms with Crippen LogP contribution in [0.1, 0.15) is 19.6 Å². The molecule has 0 aliphatic rings. The van der Waals surface area contributed by atoms with Gasteiger partial charge < -0.3 is 14.6 Å². The first-order chi connectivity index (χ1) is 10.3. The molecule has 0 fully saturated rings. The van der Waals surface area contributed by atoms with Crippen molar-refractivity contribution in [1.29, 1.82) is 0 Å². The van der Waals surface area contributed by atoms with Gasteiger partial charge in [-0.05, 0) is 37.4 Å². The Balaban J connectivity index is 2.01. The predicted molar refractivity (Wildman–Crippen MR) is 87.0 cm³/mol. The van der Waals surface area contributed by atoms with Crippen LogP contribution in [0.5, 0.6) is 0 Å². The molecular weight excluding hydrogens is 284 g/mol. The fourth-order valence-electron chi connectivity index (χ4n) is 2.25. The molecule has 1 N–H and O–H groups in total. The molecule has 5 nitrogen and oxygen atoms in total. The number of anilines is 2. The van der Waals surface area contributed by atoms with Crippen LogP contribution in [0.4, 0.5) is 11.8 Å². The zero-order chi connectivity index (χ0) is 14.7. The predicted octanol–water partition coefficient (Wildman–Crippen LogP) is 3.74. The number of thiophene rings is 1. The highest BCUT2D eigenvalue weighted by Gasteiger charge is 2.15. The van der Waals surface area contributed by atoms with Gasteiger partial charge in [0.1, 0.15) is 16.4 Å². The van der Waals surface area contributed by atoms with Gasteiger partial charge in [-0.3, -0.25) is 0 Å². The molecule has 3 aromatic rings. The van der Waals surface area contributed by atoms with Crippen LogP contribution in [0.3, 0.4) is 0 Å². The summed E-state index contributed by atoms with van der Waals surface area (Å²) in [7, 11) is 0. The number of nitrogens with zero attached hydrogens (tertiary/aromatic N) is 3. The number of hydrogen-bond donors (Lipinski definition) is 1. The van der Waals surface area contributed by atoms with Gasteiger partial charge >= 0.3 is 0 Å². The summed E-state index contributed by atoms with van der Waals surface area (Å²) in [5.41, 5.74) is 0. The lowest BCUT2D eigenvalue weighted by Gasteiger charge is -2.22. The molecule has 0 aliphatic carbocycles. The van der Waals surface area contributed by atoms with Crippen molar-refractivity contribution in [2.24, 2.45) is 0 Å². The quantitative estimate of drug-likeness (QED) is 0.751. The fraction of sp³-hybridized carbons (Fsp3) is 0.333. The Bertz CT molecular complexity index is 708. The summed E-state index contributed by atoms with van der Waals surface area (Å²) in [6, 6.07) is 5.98. The lowest BCUT2D eigenvalue weighted by Crippen LogP contribution is -2.23. The van der Waals surface area contributed by atoms with Crippen LogP contribution in [-0.2, 0) is 6.54 Å². The van der Waals surface area contributed by atoms with Gasteiger partial charge in [-0.15, -0.1) is 11.3 Å². The Morgan fingerprint density at radius 2 is 2.19 bits per heavy atom. The van der Waals surface area contributed by atoms with Crippen LogP contribution in [0.25, 0.3) is 10.2 Å². The first-order valence-electron chi connectivity index (χ1n) is 7.08. The third-order valence-corrected chi connectivity index (χ3v) is 4.05. The van der Waals surface area contributed by atoms with E-state index in [2.05, 4.69) is 38.6 Å². The van der Waals surface area contributed by atoms with Crippen molar-refractivity contribution in [3.8, 4) is 0 Å². The lowest BCUT2D eigenvalue weighted by atomic mass is 10.3. The van der Waals surface area contributed by atoms with E-state index in [1.165, 1.54) is 0 Å². The first-order valence-corrected chi connectivity index (χ1v) is 7.96. The monoisotopic (exact) mass is 302 g/mol. The first kappa shape index (κ1) is 13.9. The van der Waals surface area contributed by atoms with E-state index >= 15 is 0 Å². The van der Waals surface area contributed by atoms with Crippen molar-refractivity contribution in [2.45, 2.75) is 20.4 Å². The summed E-state index contributed by atoms with van der Waals surface area (Å²) in [4.78, 5) is 12.4. The van der Waals surface area contributed by atoms with E-state index in [0.29, 0.717) is 12.5 Å². The van der Waals surface area contributed by atoms with Gasteiger partial charge in [0, 0.05) is 13.1 Å². The summed E-state index contributed by atoms with van der Waals surface area (Å²) < 4.78 is 5.46. The van der Waals surface area contributed by atoms with Crippen LogP contribution in [0.15, 0.2) is 34.3 Å². The van der Waals surface area contributed by atoms with Gasteiger partial charge in [-0.1, -0.05) is 0 Å². The van der Waals surface area contributed by atoms with Crippen LogP contribution >= 0.6 is 11.3 Å². The molecule has 3 rings (SSSR count). The molecule has 21 heavy (non-hydrogen) atoms.